The fourth-order valence-corrected chi connectivity index (χ4v) is 2.98. The van der Waals surface area contributed by atoms with Crippen molar-refractivity contribution in [3.63, 3.8) is 0 Å². The molecule has 0 spiro atoms. The maximum Gasteiger partial charge on any atom is 0.306 e. The molecule has 0 saturated carbocycles. The van der Waals surface area contributed by atoms with Crippen LogP contribution >= 0.6 is 0 Å². The molecule has 1 saturated heterocycles. The van der Waals surface area contributed by atoms with Gasteiger partial charge in [0.15, 0.2) is 0 Å². The van der Waals surface area contributed by atoms with Crippen LogP contribution < -0.4 is 0 Å². The Balaban J connectivity index is 2.02. The highest BCUT2D eigenvalue weighted by Crippen LogP contribution is 2.24. The molecule has 114 valence electrons. The third-order valence-corrected chi connectivity index (χ3v) is 4.25. The van der Waals surface area contributed by atoms with E-state index in [0.717, 1.165) is 12.8 Å². The molecular formula is C17H23NO3. The second-order valence-corrected chi connectivity index (χ2v) is 5.91. The number of aryl methyl sites for hydroxylation is 1. The number of carbonyl (C=O) groups is 2. The lowest BCUT2D eigenvalue weighted by molar-refractivity contribution is -0.145. The van der Waals surface area contributed by atoms with Crippen LogP contribution in [0.3, 0.4) is 0 Å². The molecule has 1 N–H and O–H groups in total. The first-order valence-corrected chi connectivity index (χ1v) is 7.64. The molecule has 2 atom stereocenters. The minimum atomic E-state index is -0.751. The maximum absolute atomic E-state index is 12.5. The molecule has 1 aliphatic heterocycles. The van der Waals surface area contributed by atoms with Crippen molar-refractivity contribution < 1.29 is 14.7 Å². The van der Waals surface area contributed by atoms with Gasteiger partial charge < -0.3 is 10.0 Å². The van der Waals surface area contributed by atoms with E-state index in [1.165, 1.54) is 5.56 Å². The van der Waals surface area contributed by atoms with Crippen LogP contribution in [0.1, 0.15) is 42.6 Å². The molecule has 4 nitrogen and oxygen atoms in total. The van der Waals surface area contributed by atoms with Gasteiger partial charge in [-0.05, 0) is 36.5 Å². The SMILES string of the molecule is CCCc1ccc(C(=O)N2CCC(C(=O)O)C(C)C2)cc1. The molecule has 0 aliphatic carbocycles. The number of hydrogen-bond donors (Lipinski definition) is 1. The Labute approximate surface area is 125 Å². The number of nitrogens with zero attached hydrogens (tertiary/aromatic N) is 1. The Kier molecular flexibility index (Phi) is 4.99. The number of aliphatic carboxylic acids is 1. The van der Waals surface area contributed by atoms with Gasteiger partial charge in [-0.25, -0.2) is 0 Å². The molecule has 1 aromatic rings. The molecule has 2 rings (SSSR count). The van der Waals surface area contributed by atoms with Crippen LogP contribution in [0.5, 0.6) is 0 Å². The topological polar surface area (TPSA) is 57.6 Å². The number of carbonyl (C=O) groups excluding carboxylic acids is 1. The van der Waals surface area contributed by atoms with E-state index in [4.69, 9.17) is 5.11 Å². The van der Waals surface area contributed by atoms with Crippen LogP contribution in [0.4, 0.5) is 0 Å². The summed E-state index contributed by atoms with van der Waals surface area (Å²) in [6, 6.07) is 7.76. The first-order chi connectivity index (χ1) is 10.0. The van der Waals surface area contributed by atoms with Gasteiger partial charge in [0, 0.05) is 18.7 Å². The number of hydrogen-bond acceptors (Lipinski definition) is 2. The summed E-state index contributed by atoms with van der Waals surface area (Å²) < 4.78 is 0. The van der Waals surface area contributed by atoms with Crippen molar-refractivity contribution in [1.82, 2.24) is 4.90 Å². The predicted octanol–water partition coefficient (Wildman–Crippen LogP) is 2.82. The third-order valence-electron chi connectivity index (χ3n) is 4.25. The van der Waals surface area contributed by atoms with E-state index < -0.39 is 5.97 Å². The monoisotopic (exact) mass is 289 g/mol. The van der Waals surface area contributed by atoms with Crippen LogP contribution in [-0.4, -0.2) is 35.0 Å². The second-order valence-electron chi connectivity index (χ2n) is 5.91. The third kappa shape index (κ3) is 3.63. The number of rotatable bonds is 4. The van der Waals surface area contributed by atoms with Crippen LogP contribution in [0.25, 0.3) is 0 Å². The van der Waals surface area contributed by atoms with E-state index in [1.54, 1.807) is 4.90 Å². The van der Waals surface area contributed by atoms with E-state index in [0.29, 0.717) is 25.1 Å². The van der Waals surface area contributed by atoms with Crippen LogP contribution in [0, 0.1) is 11.8 Å². The number of likely N-dealkylation sites (tertiary alicyclic amines) is 1. The van der Waals surface area contributed by atoms with Crippen LogP contribution in [0.15, 0.2) is 24.3 Å². The molecule has 1 aliphatic rings. The van der Waals surface area contributed by atoms with Crippen molar-refractivity contribution in [1.29, 1.82) is 0 Å². The van der Waals surface area contributed by atoms with Crippen molar-refractivity contribution in [3.8, 4) is 0 Å². The molecule has 1 amide bonds. The summed E-state index contributed by atoms with van der Waals surface area (Å²) in [6.45, 7) is 5.08. The summed E-state index contributed by atoms with van der Waals surface area (Å²) in [4.78, 5) is 25.4. The average molecular weight is 289 g/mol. The van der Waals surface area contributed by atoms with Crippen molar-refractivity contribution in [2.24, 2.45) is 11.8 Å². The first-order valence-electron chi connectivity index (χ1n) is 7.64. The van der Waals surface area contributed by atoms with Crippen LogP contribution in [0.2, 0.25) is 0 Å². The van der Waals surface area contributed by atoms with Gasteiger partial charge in [0.05, 0.1) is 5.92 Å². The van der Waals surface area contributed by atoms with E-state index in [1.807, 2.05) is 31.2 Å². The highest BCUT2D eigenvalue weighted by Gasteiger charge is 2.33. The summed E-state index contributed by atoms with van der Waals surface area (Å²) in [7, 11) is 0. The van der Waals surface area contributed by atoms with E-state index >= 15 is 0 Å². The first kappa shape index (κ1) is 15.5. The van der Waals surface area contributed by atoms with Gasteiger partial charge >= 0.3 is 5.97 Å². The van der Waals surface area contributed by atoms with Gasteiger partial charge in [0.25, 0.3) is 5.91 Å². The second kappa shape index (κ2) is 6.74. The van der Waals surface area contributed by atoms with Gasteiger partial charge in [-0.2, -0.15) is 0 Å². The van der Waals surface area contributed by atoms with Crippen molar-refractivity contribution in [3.05, 3.63) is 35.4 Å². The van der Waals surface area contributed by atoms with Gasteiger partial charge in [0.2, 0.25) is 0 Å². The lowest BCUT2D eigenvalue weighted by Gasteiger charge is -2.35. The molecule has 21 heavy (non-hydrogen) atoms. The Morgan fingerprint density at radius 2 is 1.95 bits per heavy atom. The average Bonchev–Trinajstić information content (AvgIpc) is 2.47. The molecule has 0 aromatic heterocycles. The lowest BCUT2D eigenvalue weighted by Crippen LogP contribution is -2.45. The van der Waals surface area contributed by atoms with Gasteiger partial charge in [-0.1, -0.05) is 32.4 Å². The fraction of sp³-hybridized carbons (Fsp3) is 0.529. The molecule has 1 fully saturated rings. The zero-order valence-electron chi connectivity index (χ0n) is 12.7. The van der Waals surface area contributed by atoms with Crippen LogP contribution in [-0.2, 0) is 11.2 Å². The van der Waals surface area contributed by atoms with Crippen molar-refractivity contribution >= 4 is 11.9 Å². The molecule has 4 heteroatoms. The molecule has 0 radical (unpaired) electrons. The highest BCUT2D eigenvalue weighted by atomic mass is 16.4. The fourth-order valence-electron chi connectivity index (χ4n) is 2.98. The number of benzene rings is 1. The zero-order valence-corrected chi connectivity index (χ0v) is 12.7. The summed E-state index contributed by atoms with van der Waals surface area (Å²) in [5.41, 5.74) is 1.93. The quantitative estimate of drug-likeness (QED) is 0.927. The standard InChI is InChI=1S/C17H23NO3/c1-3-4-13-5-7-14(8-6-13)16(19)18-10-9-15(17(20)21)12(2)11-18/h5-8,12,15H,3-4,9-11H2,1-2H3,(H,20,21). The van der Waals surface area contributed by atoms with Crippen molar-refractivity contribution in [2.75, 3.05) is 13.1 Å². The predicted molar refractivity (Wildman–Crippen MR) is 81.2 cm³/mol. The summed E-state index contributed by atoms with van der Waals surface area (Å²) in [6.07, 6.45) is 2.65. The van der Waals surface area contributed by atoms with Crippen molar-refractivity contribution in [2.45, 2.75) is 33.1 Å². The highest BCUT2D eigenvalue weighted by molar-refractivity contribution is 5.94. The minimum Gasteiger partial charge on any atom is -0.481 e. The Hall–Kier alpha value is -1.84. The Bertz CT molecular complexity index is 509. The molecule has 1 heterocycles. The van der Waals surface area contributed by atoms with E-state index in [2.05, 4.69) is 6.92 Å². The smallest absolute Gasteiger partial charge is 0.306 e. The lowest BCUT2D eigenvalue weighted by atomic mass is 9.87. The van der Waals surface area contributed by atoms with Gasteiger partial charge in [0.1, 0.15) is 0 Å². The molecule has 0 bridgehead atoms. The number of carboxylic acid groups (broad SMARTS) is 1. The largest absolute Gasteiger partial charge is 0.481 e. The Morgan fingerprint density at radius 1 is 1.29 bits per heavy atom. The summed E-state index contributed by atoms with van der Waals surface area (Å²) in [5, 5.41) is 9.13. The normalized spacial score (nSPS) is 22.1. The maximum atomic E-state index is 12.5. The number of amides is 1. The van der Waals surface area contributed by atoms with E-state index in [9.17, 15) is 9.59 Å². The summed E-state index contributed by atoms with van der Waals surface area (Å²) >= 11 is 0. The molecular weight excluding hydrogens is 266 g/mol. The minimum absolute atomic E-state index is 0.000403. The summed E-state index contributed by atoms with van der Waals surface area (Å²) in [5.74, 6) is -1.08. The zero-order chi connectivity index (χ0) is 15.4. The molecule has 1 aromatic carbocycles. The van der Waals surface area contributed by atoms with Gasteiger partial charge in [-0.15, -0.1) is 0 Å². The van der Waals surface area contributed by atoms with E-state index in [-0.39, 0.29) is 17.7 Å². The number of piperidine rings is 1. The Morgan fingerprint density at radius 3 is 2.48 bits per heavy atom. The molecule has 2 unspecified atom stereocenters. The van der Waals surface area contributed by atoms with Gasteiger partial charge in [-0.3, -0.25) is 9.59 Å². The number of carboxylic acids is 1.